The topological polar surface area (TPSA) is 65.7 Å². The summed E-state index contributed by atoms with van der Waals surface area (Å²) < 4.78 is 2.60. The summed E-state index contributed by atoms with van der Waals surface area (Å²) in [6, 6.07) is 7.48. The molecule has 0 aliphatic carbocycles. The first-order valence-corrected chi connectivity index (χ1v) is 6.56. The van der Waals surface area contributed by atoms with Gasteiger partial charge in [0, 0.05) is 13.1 Å². The molecule has 0 aliphatic rings. The van der Waals surface area contributed by atoms with Crippen LogP contribution >= 0.6 is 11.5 Å². The van der Waals surface area contributed by atoms with Gasteiger partial charge in [-0.15, -0.1) is 0 Å². The standard InChI is InChI=1S/C12H16N2O3S/c15-7-5-13(6-8-16)9-14-12(17)10-3-1-2-4-11(10)18-14/h1-4,15-16H,5-9H2. The molecular weight excluding hydrogens is 252 g/mol. The summed E-state index contributed by atoms with van der Waals surface area (Å²) in [5.74, 6) is 0. The zero-order valence-corrected chi connectivity index (χ0v) is 10.8. The van der Waals surface area contributed by atoms with E-state index in [2.05, 4.69) is 0 Å². The first-order chi connectivity index (χ1) is 8.76. The van der Waals surface area contributed by atoms with E-state index >= 15 is 0 Å². The van der Waals surface area contributed by atoms with Crippen LogP contribution in [-0.4, -0.2) is 45.4 Å². The molecule has 5 nitrogen and oxygen atoms in total. The van der Waals surface area contributed by atoms with Crippen LogP contribution < -0.4 is 5.56 Å². The minimum absolute atomic E-state index is 0.0135. The molecule has 0 spiro atoms. The van der Waals surface area contributed by atoms with Gasteiger partial charge in [-0.3, -0.25) is 9.69 Å². The van der Waals surface area contributed by atoms with Crippen LogP contribution in [0.3, 0.4) is 0 Å². The molecule has 0 radical (unpaired) electrons. The number of fused-ring (bicyclic) bond motifs is 1. The third-order valence-electron chi connectivity index (χ3n) is 2.71. The smallest absolute Gasteiger partial charge is 0.269 e. The number of aliphatic hydroxyl groups excluding tert-OH is 2. The molecule has 0 unspecified atom stereocenters. The molecule has 1 heterocycles. The molecule has 0 aliphatic heterocycles. The van der Waals surface area contributed by atoms with Crippen molar-refractivity contribution >= 4 is 21.6 Å². The monoisotopic (exact) mass is 268 g/mol. The second-order valence-corrected chi connectivity index (χ2v) is 5.04. The fourth-order valence-corrected chi connectivity index (χ4v) is 2.86. The molecule has 0 saturated heterocycles. The lowest BCUT2D eigenvalue weighted by Crippen LogP contribution is -2.34. The molecule has 1 aromatic carbocycles. The van der Waals surface area contributed by atoms with Gasteiger partial charge in [-0.05, 0) is 12.1 Å². The zero-order chi connectivity index (χ0) is 13.0. The molecule has 1 aromatic heterocycles. The Labute approximate surface area is 109 Å². The van der Waals surface area contributed by atoms with Crippen LogP contribution in [0, 0.1) is 0 Å². The third kappa shape index (κ3) is 2.78. The first-order valence-electron chi connectivity index (χ1n) is 5.79. The molecular formula is C12H16N2O3S. The number of aliphatic hydroxyl groups is 2. The van der Waals surface area contributed by atoms with Crippen molar-refractivity contribution in [3.63, 3.8) is 0 Å². The number of aromatic nitrogens is 1. The molecule has 0 fully saturated rings. The third-order valence-corrected chi connectivity index (χ3v) is 3.77. The van der Waals surface area contributed by atoms with Crippen molar-refractivity contribution in [3.05, 3.63) is 34.6 Å². The van der Waals surface area contributed by atoms with Crippen molar-refractivity contribution in [2.45, 2.75) is 6.67 Å². The van der Waals surface area contributed by atoms with Crippen molar-refractivity contribution in [1.29, 1.82) is 0 Å². The van der Waals surface area contributed by atoms with Gasteiger partial charge in [0.2, 0.25) is 0 Å². The maximum atomic E-state index is 12.1. The molecule has 2 N–H and O–H groups in total. The normalized spacial score (nSPS) is 11.5. The van der Waals surface area contributed by atoms with E-state index in [0.717, 1.165) is 10.1 Å². The van der Waals surface area contributed by atoms with Gasteiger partial charge in [-0.25, -0.2) is 3.96 Å². The van der Waals surface area contributed by atoms with E-state index in [4.69, 9.17) is 10.2 Å². The molecule has 0 bridgehead atoms. The molecule has 6 heteroatoms. The second-order valence-electron chi connectivity index (χ2n) is 3.98. The number of hydrogen-bond acceptors (Lipinski definition) is 5. The Bertz CT molecular complexity index is 558. The van der Waals surface area contributed by atoms with Gasteiger partial charge in [0.15, 0.2) is 0 Å². The van der Waals surface area contributed by atoms with Crippen LogP contribution in [0.5, 0.6) is 0 Å². The number of hydrogen-bond donors (Lipinski definition) is 2. The van der Waals surface area contributed by atoms with Crippen LogP contribution in [0.2, 0.25) is 0 Å². The van der Waals surface area contributed by atoms with E-state index in [1.54, 1.807) is 3.96 Å². The second kappa shape index (κ2) is 6.10. The van der Waals surface area contributed by atoms with Gasteiger partial charge in [0.05, 0.1) is 30.0 Å². The van der Waals surface area contributed by atoms with Gasteiger partial charge in [0.1, 0.15) is 0 Å². The minimum atomic E-state index is -0.0171. The Morgan fingerprint density at radius 3 is 2.44 bits per heavy atom. The van der Waals surface area contributed by atoms with Crippen molar-refractivity contribution in [2.24, 2.45) is 0 Å². The van der Waals surface area contributed by atoms with Gasteiger partial charge in [0.25, 0.3) is 5.56 Å². The van der Waals surface area contributed by atoms with E-state index in [0.29, 0.717) is 19.8 Å². The molecule has 98 valence electrons. The zero-order valence-electron chi connectivity index (χ0n) is 9.95. The van der Waals surface area contributed by atoms with Crippen LogP contribution in [0.4, 0.5) is 0 Å². The average Bonchev–Trinajstić information content (AvgIpc) is 2.68. The summed E-state index contributed by atoms with van der Waals surface area (Å²) in [6.07, 6.45) is 0. The van der Waals surface area contributed by atoms with E-state index < -0.39 is 0 Å². The average molecular weight is 268 g/mol. The van der Waals surface area contributed by atoms with Crippen LogP contribution in [0.25, 0.3) is 10.1 Å². The highest BCUT2D eigenvalue weighted by Crippen LogP contribution is 2.16. The van der Waals surface area contributed by atoms with E-state index in [1.165, 1.54) is 11.5 Å². The number of rotatable bonds is 6. The van der Waals surface area contributed by atoms with Crippen molar-refractivity contribution in [1.82, 2.24) is 8.86 Å². The van der Waals surface area contributed by atoms with Crippen molar-refractivity contribution < 1.29 is 10.2 Å². The van der Waals surface area contributed by atoms with Crippen molar-refractivity contribution in [2.75, 3.05) is 26.3 Å². The summed E-state index contributed by atoms with van der Waals surface area (Å²) in [5, 5.41) is 18.6. The van der Waals surface area contributed by atoms with E-state index in [9.17, 15) is 4.79 Å². The van der Waals surface area contributed by atoms with Gasteiger partial charge < -0.3 is 10.2 Å². The summed E-state index contributed by atoms with van der Waals surface area (Å²) >= 11 is 1.40. The fourth-order valence-electron chi connectivity index (χ4n) is 1.83. The summed E-state index contributed by atoms with van der Waals surface area (Å²) in [6.45, 7) is 1.32. The highest BCUT2D eigenvalue weighted by atomic mass is 32.1. The maximum Gasteiger partial charge on any atom is 0.269 e. The minimum Gasteiger partial charge on any atom is -0.395 e. The van der Waals surface area contributed by atoms with E-state index in [-0.39, 0.29) is 18.8 Å². The maximum absolute atomic E-state index is 12.1. The SMILES string of the molecule is O=c1c2ccccc2sn1CN(CCO)CCO. The van der Waals surface area contributed by atoms with Crippen LogP contribution in [-0.2, 0) is 6.67 Å². The Hall–Kier alpha value is -1.21. The molecule has 0 atom stereocenters. The molecule has 0 saturated carbocycles. The Morgan fingerprint density at radius 2 is 1.83 bits per heavy atom. The molecule has 2 aromatic rings. The van der Waals surface area contributed by atoms with Crippen LogP contribution in [0.15, 0.2) is 29.1 Å². The molecule has 0 amide bonds. The van der Waals surface area contributed by atoms with Crippen LogP contribution in [0.1, 0.15) is 0 Å². The highest BCUT2D eigenvalue weighted by molar-refractivity contribution is 7.13. The van der Waals surface area contributed by atoms with Gasteiger partial charge in [-0.2, -0.15) is 0 Å². The fraction of sp³-hybridized carbons (Fsp3) is 0.417. The lowest BCUT2D eigenvalue weighted by molar-refractivity contribution is 0.137. The highest BCUT2D eigenvalue weighted by Gasteiger charge is 2.10. The van der Waals surface area contributed by atoms with E-state index in [1.807, 2.05) is 29.2 Å². The number of benzene rings is 1. The van der Waals surface area contributed by atoms with Gasteiger partial charge >= 0.3 is 0 Å². The summed E-state index contributed by atoms with van der Waals surface area (Å²) in [5.41, 5.74) is -0.0171. The lowest BCUT2D eigenvalue weighted by atomic mass is 10.3. The molecule has 18 heavy (non-hydrogen) atoms. The first kappa shape index (κ1) is 13.2. The van der Waals surface area contributed by atoms with Gasteiger partial charge in [-0.1, -0.05) is 23.7 Å². The summed E-state index contributed by atoms with van der Waals surface area (Å²) in [7, 11) is 0. The Kier molecular flexibility index (Phi) is 4.48. The Morgan fingerprint density at radius 1 is 1.17 bits per heavy atom. The predicted molar refractivity (Wildman–Crippen MR) is 71.8 cm³/mol. The molecule has 2 rings (SSSR count). The summed E-state index contributed by atoms with van der Waals surface area (Å²) in [4.78, 5) is 13.9. The quantitative estimate of drug-likeness (QED) is 0.791. The van der Waals surface area contributed by atoms with Crippen molar-refractivity contribution in [3.8, 4) is 0 Å². The predicted octanol–water partition coefficient (Wildman–Crippen LogP) is 0.307. The Balaban J connectivity index is 2.25. The lowest BCUT2D eigenvalue weighted by Gasteiger charge is -2.19. The number of nitrogens with zero attached hydrogens (tertiary/aromatic N) is 2. The largest absolute Gasteiger partial charge is 0.395 e.